The first-order valence-electron chi connectivity index (χ1n) is 7.92. The third-order valence-electron chi connectivity index (χ3n) is 3.92. The molecular formula is C20H27N. The van der Waals surface area contributed by atoms with Gasteiger partial charge in [-0.2, -0.15) is 0 Å². The van der Waals surface area contributed by atoms with E-state index in [2.05, 4.69) is 82.4 Å². The van der Waals surface area contributed by atoms with Crippen LogP contribution in [0.25, 0.3) is 0 Å². The van der Waals surface area contributed by atoms with Gasteiger partial charge in [-0.05, 0) is 43.0 Å². The molecule has 0 heterocycles. The average molecular weight is 281 g/mol. The molecule has 0 amide bonds. The second kappa shape index (κ2) is 6.91. The van der Waals surface area contributed by atoms with Gasteiger partial charge in [0.25, 0.3) is 0 Å². The van der Waals surface area contributed by atoms with Crippen LogP contribution in [0.2, 0.25) is 0 Å². The number of hydrogen-bond donors (Lipinski definition) is 1. The highest BCUT2D eigenvalue weighted by atomic mass is 14.9. The third-order valence-corrected chi connectivity index (χ3v) is 3.92. The summed E-state index contributed by atoms with van der Waals surface area (Å²) in [6.45, 7) is 11.9. The topological polar surface area (TPSA) is 12.0 Å². The second-order valence-corrected chi connectivity index (χ2v) is 6.23. The van der Waals surface area contributed by atoms with E-state index in [1.807, 2.05) is 0 Å². The summed E-state index contributed by atoms with van der Waals surface area (Å²) >= 11 is 0. The maximum Gasteiger partial charge on any atom is 0.0576 e. The van der Waals surface area contributed by atoms with Crippen molar-refractivity contribution in [2.45, 2.75) is 46.6 Å². The van der Waals surface area contributed by atoms with Crippen molar-refractivity contribution >= 4 is 0 Å². The summed E-state index contributed by atoms with van der Waals surface area (Å²) in [4.78, 5) is 0. The number of rotatable bonds is 5. The van der Waals surface area contributed by atoms with Crippen molar-refractivity contribution in [3.8, 4) is 0 Å². The molecule has 112 valence electrons. The molecule has 1 N–H and O–H groups in total. The maximum absolute atomic E-state index is 3.62. The maximum atomic E-state index is 3.62. The van der Waals surface area contributed by atoms with E-state index in [-0.39, 0.29) is 6.04 Å². The lowest BCUT2D eigenvalue weighted by Crippen LogP contribution is -2.22. The van der Waals surface area contributed by atoms with E-state index in [1.165, 1.54) is 27.8 Å². The van der Waals surface area contributed by atoms with E-state index in [0.717, 1.165) is 6.54 Å². The second-order valence-electron chi connectivity index (χ2n) is 6.23. The van der Waals surface area contributed by atoms with Crippen molar-refractivity contribution in [2.24, 2.45) is 0 Å². The van der Waals surface area contributed by atoms with Gasteiger partial charge in [-0.15, -0.1) is 0 Å². The van der Waals surface area contributed by atoms with E-state index in [1.54, 1.807) is 0 Å². The van der Waals surface area contributed by atoms with Gasteiger partial charge >= 0.3 is 0 Å². The molecule has 0 radical (unpaired) electrons. The van der Waals surface area contributed by atoms with Crippen LogP contribution in [0.4, 0.5) is 0 Å². The first-order chi connectivity index (χ1) is 10.0. The molecule has 0 aliphatic rings. The van der Waals surface area contributed by atoms with Gasteiger partial charge in [0.05, 0.1) is 6.04 Å². The van der Waals surface area contributed by atoms with E-state index in [0.29, 0.717) is 5.92 Å². The van der Waals surface area contributed by atoms with Gasteiger partial charge in [0.15, 0.2) is 0 Å². The third kappa shape index (κ3) is 3.95. The van der Waals surface area contributed by atoms with Crippen LogP contribution in [0.5, 0.6) is 0 Å². The Morgan fingerprint density at radius 2 is 1.33 bits per heavy atom. The average Bonchev–Trinajstić information content (AvgIpc) is 2.44. The summed E-state index contributed by atoms with van der Waals surface area (Å²) in [5, 5.41) is 3.62. The normalized spacial score (nSPS) is 12.7. The predicted molar refractivity (Wildman–Crippen MR) is 92.0 cm³/mol. The Morgan fingerprint density at radius 3 is 1.81 bits per heavy atom. The van der Waals surface area contributed by atoms with Gasteiger partial charge in [-0.3, -0.25) is 0 Å². The van der Waals surface area contributed by atoms with Gasteiger partial charge in [0, 0.05) is 0 Å². The minimum absolute atomic E-state index is 0.273. The molecule has 0 aliphatic carbocycles. The summed E-state index contributed by atoms with van der Waals surface area (Å²) in [6, 6.07) is 16.1. The van der Waals surface area contributed by atoms with Crippen molar-refractivity contribution < 1.29 is 0 Å². The molecule has 0 aromatic heterocycles. The quantitative estimate of drug-likeness (QED) is 0.801. The Labute approximate surface area is 129 Å². The summed E-state index contributed by atoms with van der Waals surface area (Å²) in [7, 11) is 0. The van der Waals surface area contributed by atoms with Crippen molar-refractivity contribution in [2.75, 3.05) is 6.54 Å². The SMILES string of the molecule is CCNC(c1ccc(C(C)C)cc1)c1cc(C)cc(C)c1. The lowest BCUT2D eigenvalue weighted by atomic mass is 9.93. The summed E-state index contributed by atoms with van der Waals surface area (Å²) in [6.07, 6.45) is 0. The fourth-order valence-electron chi connectivity index (χ4n) is 2.88. The van der Waals surface area contributed by atoms with Crippen molar-refractivity contribution in [3.05, 3.63) is 70.3 Å². The number of aryl methyl sites for hydroxylation is 2. The standard InChI is InChI=1S/C20H27N/c1-6-21-20(19-12-15(4)11-16(5)13-19)18-9-7-17(8-10-18)14(2)3/h7-14,20-21H,6H2,1-5H3. The van der Waals surface area contributed by atoms with Crippen LogP contribution in [-0.4, -0.2) is 6.54 Å². The molecule has 0 saturated carbocycles. The fraction of sp³-hybridized carbons (Fsp3) is 0.400. The minimum Gasteiger partial charge on any atom is -0.307 e. The Hall–Kier alpha value is -1.60. The zero-order valence-corrected chi connectivity index (χ0v) is 13.9. The van der Waals surface area contributed by atoms with E-state index in [4.69, 9.17) is 0 Å². The lowest BCUT2D eigenvalue weighted by molar-refractivity contribution is 0.629. The Kier molecular flexibility index (Phi) is 5.19. The molecule has 0 saturated heterocycles. The molecule has 2 aromatic carbocycles. The van der Waals surface area contributed by atoms with Crippen LogP contribution >= 0.6 is 0 Å². The van der Waals surface area contributed by atoms with Crippen molar-refractivity contribution in [1.29, 1.82) is 0 Å². The van der Waals surface area contributed by atoms with Crippen LogP contribution in [0, 0.1) is 13.8 Å². The monoisotopic (exact) mass is 281 g/mol. The molecule has 0 aliphatic heterocycles. The highest BCUT2D eigenvalue weighted by Crippen LogP contribution is 2.25. The summed E-state index contributed by atoms with van der Waals surface area (Å²) in [5.74, 6) is 0.581. The smallest absolute Gasteiger partial charge is 0.0576 e. The van der Waals surface area contributed by atoms with Gasteiger partial charge in [0.1, 0.15) is 0 Å². The Balaban J connectivity index is 2.38. The van der Waals surface area contributed by atoms with Gasteiger partial charge in [-0.1, -0.05) is 74.4 Å². The van der Waals surface area contributed by atoms with E-state index < -0.39 is 0 Å². The highest BCUT2D eigenvalue weighted by molar-refractivity contribution is 5.38. The van der Waals surface area contributed by atoms with Crippen LogP contribution in [-0.2, 0) is 0 Å². The van der Waals surface area contributed by atoms with Crippen molar-refractivity contribution in [1.82, 2.24) is 5.32 Å². The number of hydrogen-bond acceptors (Lipinski definition) is 1. The van der Waals surface area contributed by atoms with Crippen molar-refractivity contribution in [3.63, 3.8) is 0 Å². The molecule has 2 aromatic rings. The Bertz CT molecular complexity index is 561. The van der Waals surface area contributed by atoms with Crippen LogP contribution in [0.1, 0.15) is 60.5 Å². The van der Waals surface area contributed by atoms with Gasteiger partial charge < -0.3 is 5.32 Å². The minimum atomic E-state index is 0.273. The number of nitrogens with one attached hydrogen (secondary N) is 1. The molecule has 1 heteroatoms. The molecular weight excluding hydrogens is 254 g/mol. The zero-order chi connectivity index (χ0) is 15.4. The summed E-state index contributed by atoms with van der Waals surface area (Å²) in [5.41, 5.74) is 6.74. The molecule has 0 spiro atoms. The first kappa shape index (κ1) is 15.8. The molecule has 21 heavy (non-hydrogen) atoms. The number of benzene rings is 2. The molecule has 0 bridgehead atoms. The van der Waals surface area contributed by atoms with Gasteiger partial charge in [0.2, 0.25) is 0 Å². The molecule has 1 atom stereocenters. The van der Waals surface area contributed by atoms with Crippen LogP contribution < -0.4 is 5.32 Å². The Morgan fingerprint density at radius 1 is 0.810 bits per heavy atom. The first-order valence-corrected chi connectivity index (χ1v) is 7.92. The van der Waals surface area contributed by atoms with E-state index in [9.17, 15) is 0 Å². The van der Waals surface area contributed by atoms with Gasteiger partial charge in [-0.25, -0.2) is 0 Å². The van der Waals surface area contributed by atoms with Crippen LogP contribution in [0.3, 0.4) is 0 Å². The lowest BCUT2D eigenvalue weighted by Gasteiger charge is -2.21. The summed E-state index contributed by atoms with van der Waals surface area (Å²) < 4.78 is 0. The molecule has 1 unspecified atom stereocenters. The highest BCUT2D eigenvalue weighted by Gasteiger charge is 2.14. The van der Waals surface area contributed by atoms with Crippen LogP contribution in [0.15, 0.2) is 42.5 Å². The van der Waals surface area contributed by atoms with E-state index >= 15 is 0 Å². The largest absolute Gasteiger partial charge is 0.307 e. The zero-order valence-electron chi connectivity index (χ0n) is 13.9. The fourth-order valence-corrected chi connectivity index (χ4v) is 2.88. The molecule has 0 fully saturated rings. The molecule has 1 nitrogen and oxygen atoms in total. The molecule has 2 rings (SSSR count). The predicted octanol–water partition coefficient (Wildman–Crippen LogP) is 5.13.